The zero-order valence-electron chi connectivity index (χ0n) is 15.3. The maximum atomic E-state index is 12.4. The number of hydrogen-bond donors (Lipinski definition) is 0. The Balaban J connectivity index is 2.16. The van der Waals surface area contributed by atoms with Crippen molar-refractivity contribution >= 4 is 11.9 Å². The van der Waals surface area contributed by atoms with Gasteiger partial charge in [0.25, 0.3) is 0 Å². The van der Waals surface area contributed by atoms with Gasteiger partial charge in [0.15, 0.2) is 17.3 Å². The number of ether oxygens (including phenoxy) is 4. The van der Waals surface area contributed by atoms with Gasteiger partial charge >= 0.3 is 0 Å². The third-order valence-corrected chi connectivity index (χ3v) is 3.69. The monoisotopic (exact) mass is 354 g/mol. The second-order valence-corrected chi connectivity index (χ2v) is 5.27. The highest BCUT2D eigenvalue weighted by Gasteiger charge is 2.15. The molecule has 0 aromatic heterocycles. The van der Waals surface area contributed by atoms with Crippen molar-refractivity contribution in [1.29, 1.82) is 0 Å². The molecule has 2 rings (SSSR count). The van der Waals surface area contributed by atoms with Gasteiger partial charge in [-0.1, -0.05) is 30.4 Å². The Morgan fingerprint density at radius 1 is 0.846 bits per heavy atom. The molecule has 136 valence electrons. The van der Waals surface area contributed by atoms with Gasteiger partial charge in [-0.15, -0.1) is 0 Å². The zero-order valence-corrected chi connectivity index (χ0v) is 15.3. The maximum Gasteiger partial charge on any atom is 0.203 e. The summed E-state index contributed by atoms with van der Waals surface area (Å²) < 4.78 is 21.0. The van der Waals surface area contributed by atoms with E-state index in [0.717, 1.165) is 11.3 Å². The molecule has 0 bridgehead atoms. The second kappa shape index (κ2) is 9.32. The van der Waals surface area contributed by atoms with Gasteiger partial charge in [-0.2, -0.15) is 0 Å². The van der Waals surface area contributed by atoms with Crippen LogP contribution in [-0.4, -0.2) is 34.2 Å². The summed E-state index contributed by atoms with van der Waals surface area (Å²) >= 11 is 0. The van der Waals surface area contributed by atoms with Crippen LogP contribution in [0.5, 0.6) is 23.0 Å². The van der Waals surface area contributed by atoms with Crippen molar-refractivity contribution < 1.29 is 23.7 Å². The predicted molar refractivity (Wildman–Crippen MR) is 102 cm³/mol. The van der Waals surface area contributed by atoms with E-state index in [-0.39, 0.29) is 5.78 Å². The molecule has 5 nitrogen and oxygen atoms in total. The average molecular weight is 354 g/mol. The minimum Gasteiger partial charge on any atom is -0.497 e. The summed E-state index contributed by atoms with van der Waals surface area (Å²) in [6.07, 6.45) is 6.86. The molecule has 2 aromatic carbocycles. The number of ketones is 1. The van der Waals surface area contributed by atoms with Gasteiger partial charge in [0.2, 0.25) is 5.75 Å². The van der Waals surface area contributed by atoms with Crippen LogP contribution in [0.3, 0.4) is 0 Å². The number of hydrogen-bond acceptors (Lipinski definition) is 5. The van der Waals surface area contributed by atoms with Crippen LogP contribution in [0, 0.1) is 0 Å². The fourth-order valence-electron chi connectivity index (χ4n) is 2.37. The molecular formula is C21H22O5. The summed E-state index contributed by atoms with van der Waals surface area (Å²) in [6.45, 7) is 0. The van der Waals surface area contributed by atoms with Crippen LogP contribution in [0.2, 0.25) is 0 Å². The molecule has 0 aliphatic carbocycles. The summed E-state index contributed by atoms with van der Waals surface area (Å²) in [5, 5.41) is 0. The van der Waals surface area contributed by atoms with Gasteiger partial charge in [0, 0.05) is 5.56 Å². The van der Waals surface area contributed by atoms with Crippen molar-refractivity contribution in [2.75, 3.05) is 28.4 Å². The van der Waals surface area contributed by atoms with Gasteiger partial charge < -0.3 is 18.9 Å². The van der Waals surface area contributed by atoms with E-state index in [9.17, 15) is 4.79 Å². The van der Waals surface area contributed by atoms with E-state index < -0.39 is 0 Å². The molecule has 0 spiro atoms. The first-order valence-electron chi connectivity index (χ1n) is 7.96. The summed E-state index contributed by atoms with van der Waals surface area (Å²) in [5.74, 6) is 1.95. The van der Waals surface area contributed by atoms with E-state index in [2.05, 4.69) is 0 Å². The van der Waals surface area contributed by atoms with E-state index in [0.29, 0.717) is 22.8 Å². The van der Waals surface area contributed by atoms with Crippen LogP contribution in [0.25, 0.3) is 6.08 Å². The summed E-state index contributed by atoms with van der Waals surface area (Å²) in [4.78, 5) is 12.4. The van der Waals surface area contributed by atoms with Gasteiger partial charge in [-0.05, 0) is 35.9 Å². The molecule has 0 amide bonds. The molecule has 0 atom stereocenters. The zero-order chi connectivity index (χ0) is 18.9. The van der Waals surface area contributed by atoms with Crippen LogP contribution in [0.1, 0.15) is 15.9 Å². The Morgan fingerprint density at radius 3 is 2.12 bits per heavy atom. The topological polar surface area (TPSA) is 54.0 Å². The van der Waals surface area contributed by atoms with E-state index in [1.54, 1.807) is 31.4 Å². The number of rotatable bonds is 8. The van der Waals surface area contributed by atoms with E-state index in [1.807, 2.05) is 30.3 Å². The molecular weight excluding hydrogens is 332 g/mol. The molecule has 0 aliphatic heterocycles. The Hall–Kier alpha value is -3.21. The molecule has 0 unspecified atom stereocenters. The van der Waals surface area contributed by atoms with Crippen LogP contribution in [-0.2, 0) is 0 Å². The highest BCUT2D eigenvalue weighted by molar-refractivity contribution is 6.05. The molecule has 2 aromatic rings. The number of benzene rings is 2. The first-order valence-corrected chi connectivity index (χ1v) is 7.96. The third-order valence-electron chi connectivity index (χ3n) is 3.69. The lowest BCUT2D eigenvalue weighted by Crippen LogP contribution is -2.00. The third kappa shape index (κ3) is 4.66. The molecule has 5 heteroatoms. The molecule has 0 heterocycles. The Labute approximate surface area is 153 Å². The predicted octanol–water partition coefficient (Wildman–Crippen LogP) is 4.17. The number of methoxy groups -OCH3 is 4. The van der Waals surface area contributed by atoms with Crippen LogP contribution >= 0.6 is 0 Å². The number of carbonyl (C=O) groups excluding carboxylic acids is 1. The van der Waals surface area contributed by atoms with Gasteiger partial charge in [0.1, 0.15) is 5.75 Å². The lowest BCUT2D eigenvalue weighted by Gasteiger charge is -2.13. The molecule has 0 aliphatic rings. The fraction of sp³-hybridized carbons (Fsp3) is 0.190. The van der Waals surface area contributed by atoms with Crippen molar-refractivity contribution in [3.63, 3.8) is 0 Å². The first-order chi connectivity index (χ1) is 12.6. The smallest absolute Gasteiger partial charge is 0.203 e. The Morgan fingerprint density at radius 2 is 1.54 bits per heavy atom. The Bertz CT molecular complexity index is 796. The molecule has 26 heavy (non-hydrogen) atoms. The lowest BCUT2D eigenvalue weighted by molar-refractivity contribution is 0.104. The van der Waals surface area contributed by atoms with E-state index in [4.69, 9.17) is 18.9 Å². The van der Waals surface area contributed by atoms with Crippen molar-refractivity contribution in [2.45, 2.75) is 0 Å². The normalized spacial score (nSPS) is 10.9. The summed E-state index contributed by atoms with van der Waals surface area (Å²) in [6, 6.07) is 10.9. The van der Waals surface area contributed by atoms with Gasteiger partial charge in [-0.3, -0.25) is 4.79 Å². The minimum absolute atomic E-state index is 0.167. The standard InChI is InChI=1S/C21H22O5/c1-23-17-10-7-9-15(12-17)8-5-6-11-18(22)16-13-19(24-2)21(26-4)20(14-16)25-3/h5-14H,1-4H3/b8-5+,11-6+. The highest BCUT2D eigenvalue weighted by atomic mass is 16.5. The summed E-state index contributed by atoms with van der Waals surface area (Å²) in [5.41, 5.74) is 1.43. The van der Waals surface area contributed by atoms with Crippen molar-refractivity contribution in [3.8, 4) is 23.0 Å². The molecule has 0 N–H and O–H groups in total. The number of carbonyl (C=O) groups is 1. The minimum atomic E-state index is -0.167. The fourth-order valence-corrected chi connectivity index (χ4v) is 2.37. The van der Waals surface area contributed by atoms with Gasteiger partial charge in [-0.25, -0.2) is 0 Å². The van der Waals surface area contributed by atoms with Crippen LogP contribution < -0.4 is 18.9 Å². The van der Waals surface area contributed by atoms with Gasteiger partial charge in [0.05, 0.1) is 28.4 Å². The maximum absolute atomic E-state index is 12.4. The largest absolute Gasteiger partial charge is 0.497 e. The lowest BCUT2D eigenvalue weighted by atomic mass is 10.1. The van der Waals surface area contributed by atoms with Crippen LogP contribution in [0.15, 0.2) is 54.6 Å². The molecule has 0 radical (unpaired) electrons. The SMILES string of the molecule is COc1cccc(/C=C/C=C/C(=O)c2cc(OC)c(OC)c(OC)c2)c1. The van der Waals surface area contributed by atoms with Crippen molar-refractivity contribution in [3.05, 3.63) is 65.8 Å². The quantitative estimate of drug-likeness (QED) is 0.404. The number of allylic oxidation sites excluding steroid dienone is 3. The van der Waals surface area contributed by atoms with Crippen molar-refractivity contribution in [1.82, 2.24) is 0 Å². The van der Waals surface area contributed by atoms with E-state index in [1.165, 1.54) is 27.4 Å². The van der Waals surface area contributed by atoms with E-state index >= 15 is 0 Å². The highest BCUT2D eigenvalue weighted by Crippen LogP contribution is 2.38. The molecule has 0 saturated heterocycles. The van der Waals surface area contributed by atoms with Crippen molar-refractivity contribution in [2.24, 2.45) is 0 Å². The molecule has 0 saturated carbocycles. The Kier molecular flexibility index (Phi) is 6.85. The molecule has 0 fully saturated rings. The second-order valence-electron chi connectivity index (χ2n) is 5.27. The summed E-state index contributed by atoms with van der Waals surface area (Å²) in [7, 11) is 6.17. The van der Waals surface area contributed by atoms with Crippen LogP contribution in [0.4, 0.5) is 0 Å². The average Bonchev–Trinajstić information content (AvgIpc) is 2.69. The first kappa shape index (κ1) is 19.1.